The predicted molar refractivity (Wildman–Crippen MR) is 101 cm³/mol. The van der Waals surface area contributed by atoms with Gasteiger partial charge in [-0.2, -0.15) is 0 Å². The average molecular weight is 341 g/mol. The van der Waals surface area contributed by atoms with E-state index in [2.05, 4.69) is 49.4 Å². The fourth-order valence-electron chi connectivity index (χ4n) is 2.58. The molecule has 3 heteroatoms. The normalized spacial score (nSPS) is 12.3. The van der Waals surface area contributed by atoms with Crippen LogP contribution in [-0.2, 0) is 0 Å². The van der Waals surface area contributed by atoms with Crippen LogP contribution >= 0.6 is 28.4 Å². The van der Waals surface area contributed by atoms with Gasteiger partial charge in [0.25, 0.3) is 0 Å². The first-order valence-electron chi connectivity index (χ1n) is 7.68. The van der Waals surface area contributed by atoms with E-state index >= 15 is 0 Å². The van der Waals surface area contributed by atoms with Gasteiger partial charge < -0.3 is 0 Å². The molecule has 0 saturated carbocycles. The number of hydrogen-bond donors (Lipinski definition) is 0. The Balaban J connectivity index is 2.23. The van der Waals surface area contributed by atoms with Crippen LogP contribution < -0.4 is 5.30 Å². The van der Waals surface area contributed by atoms with Gasteiger partial charge in [0.1, 0.15) is 0 Å². The molecule has 0 amide bonds. The number of rotatable bonds is 7. The van der Waals surface area contributed by atoms with Crippen LogP contribution in [0.5, 0.6) is 0 Å². The monoisotopic (exact) mass is 340 g/mol. The Morgan fingerprint density at radius 3 is 2.19 bits per heavy atom. The second-order valence-corrected chi connectivity index (χ2v) is 12.3. The van der Waals surface area contributed by atoms with Crippen LogP contribution in [0, 0.1) is 0 Å². The Labute approximate surface area is 138 Å². The molecule has 0 heterocycles. The van der Waals surface area contributed by atoms with Gasteiger partial charge in [0.05, 0.1) is 0 Å². The minimum absolute atomic E-state index is 0.931. The zero-order chi connectivity index (χ0) is 15.1. The van der Waals surface area contributed by atoms with Gasteiger partial charge in [0, 0.05) is 0 Å². The summed E-state index contributed by atoms with van der Waals surface area (Å²) in [4.78, 5) is 0. The number of hydrogen-bond acceptors (Lipinski definition) is 0. The molecule has 0 aromatic heterocycles. The molecule has 114 valence electrons. The van der Waals surface area contributed by atoms with Gasteiger partial charge in [-0.3, -0.25) is 0 Å². The topological polar surface area (TPSA) is 0 Å². The first-order chi connectivity index (χ1) is 10.1. The van der Waals surface area contributed by atoms with Gasteiger partial charge in [-0.1, -0.05) is 0 Å². The van der Waals surface area contributed by atoms with Crippen molar-refractivity contribution in [3.63, 3.8) is 0 Å². The third-order valence-corrected chi connectivity index (χ3v) is 8.31. The van der Waals surface area contributed by atoms with Crippen LogP contribution in [-0.4, -0.2) is 6.16 Å². The van der Waals surface area contributed by atoms with Crippen molar-refractivity contribution in [2.75, 3.05) is 6.16 Å². The fraction of sp³-hybridized carbons (Fsp3) is 0.333. The van der Waals surface area contributed by atoms with E-state index in [9.17, 15) is 0 Å². The molecule has 21 heavy (non-hydrogen) atoms. The molecule has 0 fully saturated rings. The Kier molecular flexibility index (Phi) is 6.55. The summed E-state index contributed by atoms with van der Waals surface area (Å²) < 4.78 is 0. The van der Waals surface area contributed by atoms with E-state index in [0.29, 0.717) is 0 Å². The summed E-state index contributed by atoms with van der Waals surface area (Å²) in [5, 5.41) is 1.15. The molecule has 2 rings (SSSR count). The molecule has 2 aromatic rings. The van der Waals surface area contributed by atoms with E-state index in [1.165, 1.54) is 30.4 Å². The quantitative estimate of drug-likeness (QED) is 0.392. The van der Waals surface area contributed by atoms with E-state index in [4.69, 9.17) is 22.5 Å². The predicted octanol–water partition coefficient (Wildman–Crippen LogP) is 6.62. The van der Waals surface area contributed by atoms with Gasteiger partial charge in [0.15, 0.2) is 0 Å². The Morgan fingerprint density at radius 2 is 1.48 bits per heavy atom. The molecule has 0 unspecified atom stereocenters. The van der Waals surface area contributed by atoms with Crippen molar-refractivity contribution < 1.29 is 0 Å². The molecule has 0 aliphatic rings. The first-order valence-corrected chi connectivity index (χ1v) is 11.9. The zero-order valence-electron chi connectivity index (χ0n) is 12.5. The van der Waals surface area contributed by atoms with Crippen molar-refractivity contribution in [2.45, 2.75) is 32.6 Å². The van der Waals surface area contributed by atoms with Crippen LogP contribution in [0.1, 0.15) is 32.6 Å². The average Bonchev–Trinajstić information content (AvgIpc) is 2.52. The van der Waals surface area contributed by atoms with Crippen LogP contribution in [0.15, 0.2) is 54.6 Å². The van der Waals surface area contributed by atoms with E-state index in [-0.39, 0.29) is 0 Å². The van der Waals surface area contributed by atoms with Gasteiger partial charge in [-0.05, 0) is 0 Å². The molecule has 2 aromatic carbocycles. The van der Waals surface area contributed by atoms with Crippen molar-refractivity contribution >= 4 is 33.8 Å². The van der Waals surface area contributed by atoms with Crippen LogP contribution in [0.2, 0.25) is 0 Å². The van der Waals surface area contributed by atoms with E-state index < -0.39 is 5.97 Å². The maximum atomic E-state index is 6.80. The first kappa shape index (κ1) is 16.8. The van der Waals surface area contributed by atoms with Gasteiger partial charge >= 0.3 is 138 Å². The summed E-state index contributed by atoms with van der Waals surface area (Å²) in [7, 11) is 0. The standard InChI is InChI=1S/C18H23Cl2P/c1-2-3-4-10-15-21(19,20)18-14-9-8-13-17(18)16-11-6-5-7-12-16/h5-9,11-14,21H,2-4,10,15H2,1H3. The second-order valence-electron chi connectivity index (χ2n) is 5.43. The summed E-state index contributed by atoms with van der Waals surface area (Å²) in [6.45, 7) is 2.22. The third-order valence-electron chi connectivity index (χ3n) is 3.75. The number of benzene rings is 2. The Bertz CT molecular complexity index is 552. The molecule has 0 atom stereocenters. The van der Waals surface area contributed by atoms with Gasteiger partial charge in [-0.25, -0.2) is 0 Å². The van der Waals surface area contributed by atoms with Crippen molar-refractivity contribution in [1.82, 2.24) is 0 Å². The SMILES string of the molecule is CCCCCC[PH](Cl)(Cl)c1ccccc1-c1ccccc1. The summed E-state index contributed by atoms with van der Waals surface area (Å²) in [6.07, 6.45) is 5.77. The van der Waals surface area contributed by atoms with Crippen molar-refractivity contribution in [2.24, 2.45) is 0 Å². The summed E-state index contributed by atoms with van der Waals surface area (Å²) in [6, 6.07) is 18.7. The summed E-state index contributed by atoms with van der Waals surface area (Å²) in [5.74, 6) is -2.41. The molecule has 0 spiro atoms. The molecule has 0 saturated heterocycles. The molecular weight excluding hydrogens is 318 g/mol. The second kappa shape index (κ2) is 8.18. The molecule has 0 aliphatic heterocycles. The number of halogens is 2. The third kappa shape index (κ3) is 4.71. The van der Waals surface area contributed by atoms with Crippen molar-refractivity contribution in [1.29, 1.82) is 0 Å². The zero-order valence-corrected chi connectivity index (χ0v) is 15.0. The van der Waals surface area contributed by atoms with E-state index in [1.54, 1.807) is 0 Å². The minimum atomic E-state index is -2.41. The Morgan fingerprint density at radius 1 is 0.810 bits per heavy atom. The number of unbranched alkanes of at least 4 members (excludes halogenated alkanes) is 3. The Hall–Kier alpha value is -0.550. The molecule has 0 aliphatic carbocycles. The summed E-state index contributed by atoms with van der Waals surface area (Å²) >= 11 is 13.6. The summed E-state index contributed by atoms with van der Waals surface area (Å²) in [5.41, 5.74) is 2.38. The van der Waals surface area contributed by atoms with E-state index in [0.717, 1.165) is 17.9 Å². The molecule has 0 bridgehead atoms. The fourth-order valence-corrected chi connectivity index (χ4v) is 6.30. The van der Waals surface area contributed by atoms with Crippen molar-refractivity contribution in [3.05, 3.63) is 54.6 Å². The molecule has 0 nitrogen and oxygen atoms in total. The molecule has 0 N–H and O–H groups in total. The van der Waals surface area contributed by atoms with Crippen LogP contribution in [0.25, 0.3) is 11.1 Å². The van der Waals surface area contributed by atoms with Gasteiger partial charge in [-0.15, -0.1) is 0 Å². The maximum absolute atomic E-state index is 6.80. The van der Waals surface area contributed by atoms with E-state index in [1.807, 2.05) is 12.1 Å². The van der Waals surface area contributed by atoms with Crippen molar-refractivity contribution in [3.8, 4) is 11.1 Å². The van der Waals surface area contributed by atoms with Crippen LogP contribution in [0.4, 0.5) is 0 Å². The molecule has 0 radical (unpaired) electrons. The molecular formula is C18H23Cl2P. The van der Waals surface area contributed by atoms with Gasteiger partial charge in [0.2, 0.25) is 0 Å². The van der Waals surface area contributed by atoms with Crippen LogP contribution in [0.3, 0.4) is 0 Å².